The van der Waals surface area contributed by atoms with Gasteiger partial charge in [0.1, 0.15) is 11.5 Å². The first-order valence-electron chi connectivity index (χ1n) is 9.75. The Hall–Kier alpha value is -3.18. The predicted molar refractivity (Wildman–Crippen MR) is 114 cm³/mol. The van der Waals surface area contributed by atoms with Gasteiger partial charge in [0.25, 0.3) is 5.91 Å². The molecule has 0 unspecified atom stereocenters. The monoisotopic (exact) mass is 429 g/mol. The number of para-hydroxylation sites is 2. The molecule has 30 heavy (non-hydrogen) atoms. The molecular formula is C19H23N7O3S. The van der Waals surface area contributed by atoms with Gasteiger partial charge < -0.3 is 19.9 Å². The topological polar surface area (TPSA) is 124 Å². The van der Waals surface area contributed by atoms with Crippen LogP contribution in [-0.4, -0.2) is 59.7 Å². The summed E-state index contributed by atoms with van der Waals surface area (Å²) >= 11 is 1.40. The molecule has 10 nitrogen and oxygen atoms in total. The van der Waals surface area contributed by atoms with Crippen LogP contribution < -0.4 is 21.1 Å². The molecule has 3 aromatic rings. The first-order valence-corrected chi connectivity index (χ1v) is 10.6. The van der Waals surface area contributed by atoms with Crippen LogP contribution in [0.5, 0.6) is 0 Å². The summed E-state index contributed by atoms with van der Waals surface area (Å²) < 4.78 is 5.32. The maximum Gasteiger partial charge on any atom is 0.333 e. The van der Waals surface area contributed by atoms with E-state index >= 15 is 0 Å². The van der Waals surface area contributed by atoms with Crippen LogP contribution >= 0.6 is 11.3 Å². The van der Waals surface area contributed by atoms with Crippen molar-refractivity contribution in [1.82, 2.24) is 31.1 Å². The fourth-order valence-corrected chi connectivity index (χ4v) is 3.93. The molecule has 11 heteroatoms. The zero-order valence-corrected chi connectivity index (χ0v) is 17.1. The standard InChI is InChI=1S/C19H23N7O3S/c27-17(15-12-30-19(23-15)26-8-10-29-11-9-26)24-25-18(28)20-7-3-6-16-21-13-4-1-2-5-14(13)22-16/h1-2,4-5,12H,3,6-11H2,(H,21,22)(H,24,27)(H2,20,25,28). The van der Waals surface area contributed by atoms with Gasteiger partial charge >= 0.3 is 6.03 Å². The van der Waals surface area contributed by atoms with Gasteiger partial charge in [-0.05, 0) is 18.6 Å². The summed E-state index contributed by atoms with van der Waals surface area (Å²) in [5.41, 5.74) is 6.92. The van der Waals surface area contributed by atoms with Gasteiger partial charge in [0.05, 0.1) is 24.2 Å². The zero-order chi connectivity index (χ0) is 20.8. The lowest BCUT2D eigenvalue weighted by Crippen LogP contribution is -2.47. The highest BCUT2D eigenvalue weighted by Crippen LogP contribution is 2.21. The normalized spacial score (nSPS) is 13.9. The maximum absolute atomic E-state index is 12.2. The molecule has 1 aromatic carbocycles. The number of aryl methyl sites for hydroxylation is 1. The van der Waals surface area contributed by atoms with Gasteiger partial charge in [0.15, 0.2) is 5.13 Å². The Balaban J connectivity index is 1.15. The first kappa shape index (κ1) is 20.1. The van der Waals surface area contributed by atoms with Crippen LogP contribution in [0.25, 0.3) is 11.0 Å². The summed E-state index contributed by atoms with van der Waals surface area (Å²) in [4.78, 5) is 38.2. The largest absolute Gasteiger partial charge is 0.378 e. The van der Waals surface area contributed by atoms with E-state index in [1.54, 1.807) is 5.38 Å². The SMILES string of the molecule is O=C(NCCCc1nc2ccccc2[nH]1)NNC(=O)c1csc(N2CCOCC2)n1. The van der Waals surface area contributed by atoms with Crippen molar-refractivity contribution in [2.24, 2.45) is 0 Å². The number of carbonyl (C=O) groups excluding carboxylic acids is 2. The molecule has 1 saturated heterocycles. The van der Waals surface area contributed by atoms with Gasteiger partial charge in [-0.2, -0.15) is 0 Å². The summed E-state index contributed by atoms with van der Waals surface area (Å²) in [5, 5.41) is 5.15. The van der Waals surface area contributed by atoms with E-state index in [4.69, 9.17) is 4.74 Å². The molecule has 0 bridgehead atoms. The second kappa shape index (κ2) is 9.55. The number of thiazole rings is 1. The van der Waals surface area contributed by atoms with Crippen molar-refractivity contribution in [2.45, 2.75) is 12.8 Å². The highest BCUT2D eigenvalue weighted by molar-refractivity contribution is 7.13. The van der Waals surface area contributed by atoms with E-state index in [2.05, 4.69) is 36.0 Å². The van der Waals surface area contributed by atoms with Gasteiger partial charge in [-0.3, -0.25) is 10.2 Å². The Morgan fingerprint density at radius 1 is 1.17 bits per heavy atom. The minimum atomic E-state index is -0.475. The van der Waals surface area contributed by atoms with Crippen LogP contribution in [0.3, 0.4) is 0 Å². The van der Waals surface area contributed by atoms with Gasteiger partial charge in [0, 0.05) is 31.4 Å². The third kappa shape index (κ3) is 5.05. The maximum atomic E-state index is 12.2. The third-order valence-electron chi connectivity index (χ3n) is 4.61. The summed E-state index contributed by atoms with van der Waals surface area (Å²) in [6.45, 7) is 3.27. The minimum Gasteiger partial charge on any atom is -0.378 e. The second-order valence-electron chi connectivity index (χ2n) is 6.75. The van der Waals surface area contributed by atoms with Crippen molar-refractivity contribution in [1.29, 1.82) is 0 Å². The number of ether oxygens (including phenoxy) is 1. The molecule has 3 heterocycles. The van der Waals surface area contributed by atoms with Crippen molar-refractivity contribution in [3.05, 3.63) is 41.2 Å². The molecule has 0 aliphatic carbocycles. The Bertz CT molecular complexity index is 979. The number of imidazole rings is 1. The molecule has 0 spiro atoms. The molecule has 158 valence electrons. The van der Waals surface area contributed by atoms with E-state index in [1.165, 1.54) is 11.3 Å². The highest BCUT2D eigenvalue weighted by atomic mass is 32.1. The minimum absolute atomic E-state index is 0.270. The van der Waals surface area contributed by atoms with Crippen LogP contribution in [0.2, 0.25) is 0 Å². The van der Waals surface area contributed by atoms with Gasteiger partial charge in [-0.15, -0.1) is 11.3 Å². The number of hydrogen-bond acceptors (Lipinski definition) is 7. The van der Waals surface area contributed by atoms with Crippen molar-refractivity contribution in [3.8, 4) is 0 Å². The third-order valence-corrected chi connectivity index (χ3v) is 5.51. The predicted octanol–water partition coefficient (Wildman–Crippen LogP) is 1.43. The summed E-state index contributed by atoms with van der Waals surface area (Å²) in [6.07, 6.45) is 1.43. The fraction of sp³-hybridized carbons (Fsp3) is 0.368. The number of hydrazine groups is 1. The quantitative estimate of drug-likeness (QED) is 0.347. The van der Waals surface area contributed by atoms with E-state index in [-0.39, 0.29) is 5.69 Å². The number of aromatic nitrogens is 3. The summed E-state index contributed by atoms with van der Waals surface area (Å²) in [6, 6.07) is 7.36. The van der Waals surface area contributed by atoms with Crippen LogP contribution in [0.4, 0.5) is 9.93 Å². The number of anilines is 1. The zero-order valence-electron chi connectivity index (χ0n) is 16.3. The number of carbonyl (C=O) groups is 2. The molecule has 0 saturated carbocycles. The lowest BCUT2D eigenvalue weighted by Gasteiger charge is -2.25. The first-order chi connectivity index (χ1) is 14.7. The fourth-order valence-electron chi connectivity index (χ4n) is 3.07. The van der Waals surface area contributed by atoms with E-state index in [0.717, 1.165) is 41.5 Å². The van der Waals surface area contributed by atoms with Crippen LogP contribution in [0.1, 0.15) is 22.7 Å². The average molecular weight is 430 g/mol. The number of hydrogen-bond donors (Lipinski definition) is 4. The molecule has 4 N–H and O–H groups in total. The molecule has 2 aromatic heterocycles. The Morgan fingerprint density at radius 3 is 2.83 bits per heavy atom. The highest BCUT2D eigenvalue weighted by Gasteiger charge is 2.17. The lowest BCUT2D eigenvalue weighted by atomic mass is 10.3. The van der Waals surface area contributed by atoms with Crippen LogP contribution in [0, 0.1) is 0 Å². The number of fused-ring (bicyclic) bond motifs is 1. The molecule has 1 aliphatic heterocycles. The van der Waals surface area contributed by atoms with Crippen molar-refractivity contribution >= 4 is 39.4 Å². The number of nitrogens with one attached hydrogen (secondary N) is 4. The van der Waals surface area contributed by atoms with Gasteiger partial charge in [-0.25, -0.2) is 20.2 Å². The molecule has 1 aliphatic rings. The van der Waals surface area contributed by atoms with Gasteiger partial charge in [0.2, 0.25) is 0 Å². The lowest BCUT2D eigenvalue weighted by molar-refractivity contribution is 0.0932. The number of morpholine rings is 1. The summed E-state index contributed by atoms with van der Waals surface area (Å²) in [7, 11) is 0. The Labute approximate surface area is 177 Å². The number of nitrogens with zero attached hydrogens (tertiary/aromatic N) is 3. The second-order valence-corrected chi connectivity index (χ2v) is 7.59. The molecule has 0 radical (unpaired) electrons. The molecule has 4 rings (SSSR count). The van der Waals surface area contributed by atoms with Crippen LogP contribution in [0.15, 0.2) is 29.6 Å². The number of aromatic amines is 1. The van der Waals surface area contributed by atoms with Crippen molar-refractivity contribution in [3.63, 3.8) is 0 Å². The number of amides is 3. The van der Waals surface area contributed by atoms with E-state index in [1.807, 2.05) is 24.3 Å². The van der Waals surface area contributed by atoms with E-state index < -0.39 is 11.9 Å². The smallest absolute Gasteiger partial charge is 0.333 e. The Kier molecular flexibility index (Phi) is 6.40. The van der Waals surface area contributed by atoms with Gasteiger partial charge in [-0.1, -0.05) is 12.1 Å². The molecule has 1 fully saturated rings. The molecule has 3 amide bonds. The number of urea groups is 1. The Morgan fingerprint density at radius 2 is 2.00 bits per heavy atom. The average Bonchev–Trinajstić information content (AvgIpc) is 3.43. The van der Waals surface area contributed by atoms with Crippen molar-refractivity contribution in [2.75, 3.05) is 37.7 Å². The number of rotatable bonds is 6. The number of benzene rings is 1. The van der Waals surface area contributed by atoms with E-state index in [9.17, 15) is 9.59 Å². The van der Waals surface area contributed by atoms with Crippen molar-refractivity contribution < 1.29 is 14.3 Å². The summed E-state index contributed by atoms with van der Waals surface area (Å²) in [5.74, 6) is 0.425. The molecular weight excluding hydrogens is 406 g/mol. The van der Waals surface area contributed by atoms with Crippen LogP contribution in [-0.2, 0) is 11.2 Å². The number of H-pyrrole nitrogens is 1. The van der Waals surface area contributed by atoms with E-state index in [0.29, 0.717) is 26.2 Å². The molecule has 0 atom stereocenters.